The summed E-state index contributed by atoms with van der Waals surface area (Å²) in [6, 6.07) is 7.88. The molecular weight excluding hydrogens is 199 g/mol. The third-order valence-electron chi connectivity index (χ3n) is 1.69. The largest absolute Gasteiger partial charge is 0.697 e. The summed E-state index contributed by atoms with van der Waals surface area (Å²) in [6.45, 7) is 4.53. The molecule has 0 aliphatic carbocycles. The standard InChI is InChI=1S/C10H14O3P/c1-3-12-14(11)13-8-10-6-4-9(2)5-7-10/h4-7H,3,8H2,1-2H3/q+1. The molecule has 0 N–H and O–H groups in total. The fourth-order valence-corrected chi connectivity index (χ4v) is 1.49. The van der Waals surface area contributed by atoms with Gasteiger partial charge in [-0.1, -0.05) is 29.8 Å². The monoisotopic (exact) mass is 213 g/mol. The molecule has 1 unspecified atom stereocenters. The molecule has 1 rings (SSSR count). The smallest absolute Gasteiger partial charge is 0.119 e. The highest BCUT2D eigenvalue weighted by Crippen LogP contribution is 2.25. The lowest BCUT2D eigenvalue weighted by Gasteiger charge is -1.95. The zero-order valence-electron chi connectivity index (χ0n) is 8.40. The van der Waals surface area contributed by atoms with Gasteiger partial charge < -0.3 is 0 Å². The number of rotatable bonds is 5. The van der Waals surface area contributed by atoms with Gasteiger partial charge in [0.15, 0.2) is 0 Å². The van der Waals surface area contributed by atoms with Gasteiger partial charge in [-0.2, -0.15) is 0 Å². The van der Waals surface area contributed by atoms with Crippen molar-refractivity contribution in [1.82, 2.24) is 0 Å². The maximum absolute atomic E-state index is 11.0. The van der Waals surface area contributed by atoms with E-state index >= 15 is 0 Å². The summed E-state index contributed by atoms with van der Waals surface area (Å²) in [5.74, 6) is 0. The second-order valence-corrected chi connectivity index (χ2v) is 3.86. The Morgan fingerprint density at radius 1 is 1.21 bits per heavy atom. The molecule has 0 aliphatic heterocycles. The summed E-state index contributed by atoms with van der Waals surface area (Å²) in [7, 11) is -1.96. The highest BCUT2D eigenvalue weighted by atomic mass is 31.1. The van der Waals surface area contributed by atoms with Crippen LogP contribution in [0.4, 0.5) is 0 Å². The highest BCUT2D eigenvalue weighted by Gasteiger charge is 2.18. The van der Waals surface area contributed by atoms with Gasteiger partial charge in [0, 0.05) is 4.57 Å². The summed E-state index contributed by atoms with van der Waals surface area (Å²) in [4.78, 5) is 0. The van der Waals surface area contributed by atoms with Crippen LogP contribution in [0.5, 0.6) is 0 Å². The molecule has 4 heteroatoms. The van der Waals surface area contributed by atoms with Crippen molar-refractivity contribution in [1.29, 1.82) is 0 Å². The molecule has 0 amide bonds. The fourth-order valence-electron chi connectivity index (χ4n) is 0.954. The van der Waals surface area contributed by atoms with Crippen molar-refractivity contribution < 1.29 is 13.6 Å². The maximum atomic E-state index is 11.0. The van der Waals surface area contributed by atoms with Gasteiger partial charge in [-0.15, -0.1) is 9.05 Å². The van der Waals surface area contributed by atoms with Crippen LogP contribution in [0.25, 0.3) is 0 Å². The van der Waals surface area contributed by atoms with E-state index in [4.69, 9.17) is 9.05 Å². The lowest BCUT2D eigenvalue weighted by molar-refractivity contribution is 0.227. The van der Waals surface area contributed by atoms with Crippen molar-refractivity contribution in [2.75, 3.05) is 6.61 Å². The van der Waals surface area contributed by atoms with Crippen LogP contribution in [-0.4, -0.2) is 6.61 Å². The minimum absolute atomic E-state index is 0.329. The first kappa shape index (κ1) is 11.3. The first-order valence-corrected chi connectivity index (χ1v) is 5.60. The van der Waals surface area contributed by atoms with E-state index in [0.29, 0.717) is 13.2 Å². The molecule has 1 atom stereocenters. The first-order valence-electron chi connectivity index (χ1n) is 4.51. The molecule has 0 saturated carbocycles. The highest BCUT2D eigenvalue weighted by molar-refractivity contribution is 7.33. The molecule has 3 nitrogen and oxygen atoms in total. The maximum Gasteiger partial charge on any atom is 0.697 e. The van der Waals surface area contributed by atoms with Gasteiger partial charge in [0.2, 0.25) is 0 Å². The number of hydrogen-bond donors (Lipinski definition) is 0. The second-order valence-electron chi connectivity index (χ2n) is 2.90. The third-order valence-corrected chi connectivity index (χ3v) is 2.50. The van der Waals surface area contributed by atoms with E-state index in [1.54, 1.807) is 6.92 Å². The first-order chi connectivity index (χ1) is 6.72. The molecule has 0 radical (unpaired) electrons. The van der Waals surface area contributed by atoms with Gasteiger partial charge in [0.05, 0.1) is 0 Å². The van der Waals surface area contributed by atoms with E-state index in [2.05, 4.69) is 0 Å². The summed E-state index contributed by atoms with van der Waals surface area (Å²) < 4.78 is 20.8. The van der Waals surface area contributed by atoms with Gasteiger partial charge in [0.1, 0.15) is 13.2 Å². The van der Waals surface area contributed by atoms with E-state index in [-0.39, 0.29) is 0 Å². The Hall–Kier alpha value is -0.760. The molecule has 1 aromatic rings. The fraction of sp³-hybridized carbons (Fsp3) is 0.400. The molecule has 0 fully saturated rings. The van der Waals surface area contributed by atoms with Crippen LogP contribution in [0.2, 0.25) is 0 Å². The zero-order chi connectivity index (χ0) is 10.4. The van der Waals surface area contributed by atoms with Gasteiger partial charge in [0.25, 0.3) is 0 Å². The molecule has 0 saturated heterocycles. The number of hydrogen-bond acceptors (Lipinski definition) is 3. The van der Waals surface area contributed by atoms with Crippen molar-refractivity contribution in [3.05, 3.63) is 35.4 Å². The van der Waals surface area contributed by atoms with Crippen molar-refractivity contribution in [2.24, 2.45) is 0 Å². The Labute approximate surface area is 85.0 Å². The van der Waals surface area contributed by atoms with Gasteiger partial charge in [-0.05, 0) is 19.4 Å². The molecule has 0 bridgehead atoms. The van der Waals surface area contributed by atoms with Crippen molar-refractivity contribution in [2.45, 2.75) is 20.5 Å². The van der Waals surface area contributed by atoms with Crippen LogP contribution in [0.3, 0.4) is 0 Å². The Kier molecular flexibility index (Phi) is 4.74. The van der Waals surface area contributed by atoms with Crippen LogP contribution in [0.15, 0.2) is 24.3 Å². The molecule has 0 aliphatic rings. The van der Waals surface area contributed by atoms with Crippen LogP contribution in [-0.2, 0) is 20.2 Å². The topological polar surface area (TPSA) is 35.5 Å². The number of aryl methyl sites for hydroxylation is 1. The van der Waals surface area contributed by atoms with Crippen molar-refractivity contribution in [3.63, 3.8) is 0 Å². The lowest BCUT2D eigenvalue weighted by atomic mass is 10.2. The predicted molar refractivity (Wildman–Crippen MR) is 55.2 cm³/mol. The zero-order valence-corrected chi connectivity index (χ0v) is 9.29. The SMILES string of the molecule is CCO[P+](=O)OCc1ccc(C)cc1. The van der Waals surface area contributed by atoms with Crippen LogP contribution in [0, 0.1) is 6.92 Å². The normalized spacial score (nSPS) is 11.4. The van der Waals surface area contributed by atoms with E-state index in [1.807, 2.05) is 31.2 Å². The average molecular weight is 213 g/mol. The Morgan fingerprint density at radius 2 is 1.86 bits per heavy atom. The van der Waals surface area contributed by atoms with Crippen LogP contribution >= 0.6 is 8.25 Å². The Balaban J connectivity index is 2.38. The van der Waals surface area contributed by atoms with Gasteiger partial charge >= 0.3 is 8.25 Å². The van der Waals surface area contributed by atoms with Gasteiger partial charge in [-0.25, -0.2) is 0 Å². The Morgan fingerprint density at radius 3 is 2.43 bits per heavy atom. The van der Waals surface area contributed by atoms with E-state index < -0.39 is 8.25 Å². The molecule has 0 spiro atoms. The third kappa shape index (κ3) is 3.97. The quantitative estimate of drug-likeness (QED) is 0.704. The molecule has 0 heterocycles. The second kappa shape index (κ2) is 5.86. The van der Waals surface area contributed by atoms with Crippen LogP contribution in [0.1, 0.15) is 18.1 Å². The summed E-state index contributed by atoms with van der Waals surface area (Å²) >= 11 is 0. The van der Waals surface area contributed by atoms with Crippen molar-refractivity contribution in [3.8, 4) is 0 Å². The minimum Gasteiger partial charge on any atom is -0.119 e. The van der Waals surface area contributed by atoms with Crippen molar-refractivity contribution >= 4 is 8.25 Å². The molecule has 76 valence electrons. The van der Waals surface area contributed by atoms with Gasteiger partial charge in [-0.3, -0.25) is 0 Å². The number of benzene rings is 1. The molecule has 14 heavy (non-hydrogen) atoms. The summed E-state index contributed by atoms with van der Waals surface area (Å²) in [5, 5.41) is 0. The predicted octanol–water partition coefficient (Wildman–Crippen LogP) is 3.21. The van der Waals surface area contributed by atoms with E-state index in [9.17, 15) is 4.57 Å². The summed E-state index contributed by atoms with van der Waals surface area (Å²) in [6.07, 6.45) is 0. The lowest BCUT2D eigenvalue weighted by Crippen LogP contribution is -1.87. The summed E-state index contributed by atoms with van der Waals surface area (Å²) in [5.41, 5.74) is 2.20. The minimum atomic E-state index is -1.96. The van der Waals surface area contributed by atoms with E-state index in [0.717, 1.165) is 5.56 Å². The molecular formula is C10H14O3P+. The average Bonchev–Trinajstić information content (AvgIpc) is 2.17. The van der Waals surface area contributed by atoms with E-state index in [1.165, 1.54) is 5.56 Å². The molecule has 1 aromatic carbocycles. The molecule has 0 aromatic heterocycles. The van der Waals surface area contributed by atoms with Crippen LogP contribution < -0.4 is 0 Å². The Bertz CT molecular complexity index is 295.